The quantitative estimate of drug-likeness (QED) is 0.789. The van der Waals surface area contributed by atoms with Gasteiger partial charge in [-0.2, -0.15) is 5.10 Å². The Bertz CT molecular complexity index is 397. The van der Waals surface area contributed by atoms with Gasteiger partial charge in [0, 0.05) is 51.5 Å². The fraction of sp³-hybridized carbons (Fsp3) is 0.692. The molecule has 2 aliphatic heterocycles. The average Bonchev–Trinajstić information content (AvgIpc) is 2.83. The number of likely N-dealkylation sites (tertiary alicyclic amines) is 2. The number of hydrogen-bond acceptors (Lipinski definition) is 3. The Balaban J connectivity index is 1.39. The molecule has 3 heterocycles. The third kappa shape index (κ3) is 2.41. The minimum absolute atomic E-state index is 0.338. The van der Waals surface area contributed by atoms with E-state index in [1.54, 1.807) is 0 Å². The van der Waals surface area contributed by atoms with Crippen LogP contribution >= 0.6 is 0 Å². The minimum atomic E-state index is 0.338. The number of aromatic nitrogens is 2. The van der Waals surface area contributed by atoms with Gasteiger partial charge < -0.3 is 4.90 Å². The van der Waals surface area contributed by atoms with Gasteiger partial charge in [0.2, 0.25) is 5.91 Å². The molecule has 2 saturated heterocycles. The van der Waals surface area contributed by atoms with Gasteiger partial charge in [-0.3, -0.25) is 14.4 Å². The lowest BCUT2D eigenvalue weighted by atomic mass is 10.1. The summed E-state index contributed by atoms with van der Waals surface area (Å²) in [7, 11) is 0. The molecule has 2 aliphatic rings. The van der Waals surface area contributed by atoms with E-state index >= 15 is 0 Å². The minimum Gasteiger partial charge on any atom is -0.341 e. The van der Waals surface area contributed by atoms with Gasteiger partial charge in [0.1, 0.15) is 0 Å². The van der Waals surface area contributed by atoms with Crippen LogP contribution < -0.4 is 0 Å². The van der Waals surface area contributed by atoms with E-state index in [2.05, 4.69) is 10.00 Å². The van der Waals surface area contributed by atoms with Crippen LogP contribution in [0.25, 0.3) is 0 Å². The topological polar surface area (TPSA) is 41.4 Å². The van der Waals surface area contributed by atoms with Crippen molar-refractivity contribution in [2.45, 2.75) is 25.3 Å². The van der Waals surface area contributed by atoms with E-state index in [0.717, 1.165) is 45.6 Å². The standard InChI is InChI=1S/C13H20N4O/c18-13-4-1-2-6-16(13)9-8-15-10-12(11-15)17-7-3-5-14-17/h3,5,7,12H,1-2,4,6,8-11H2. The molecule has 0 saturated carbocycles. The summed E-state index contributed by atoms with van der Waals surface area (Å²) in [6.07, 6.45) is 6.84. The van der Waals surface area contributed by atoms with E-state index in [1.807, 2.05) is 28.0 Å². The van der Waals surface area contributed by atoms with Crippen molar-refractivity contribution in [1.29, 1.82) is 0 Å². The van der Waals surface area contributed by atoms with E-state index in [9.17, 15) is 4.79 Å². The molecular weight excluding hydrogens is 228 g/mol. The van der Waals surface area contributed by atoms with Crippen molar-refractivity contribution in [3.63, 3.8) is 0 Å². The zero-order valence-electron chi connectivity index (χ0n) is 10.7. The molecule has 98 valence electrons. The Morgan fingerprint density at radius 2 is 2.17 bits per heavy atom. The third-order valence-electron chi connectivity index (χ3n) is 3.94. The molecule has 0 aliphatic carbocycles. The number of piperidine rings is 1. The van der Waals surface area contributed by atoms with Crippen LogP contribution in [0.2, 0.25) is 0 Å². The van der Waals surface area contributed by atoms with E-state index in [0.29, 0.717) is 11.9 Å². The predicted octanol–water partition coefficient (Wildman–Crippen LogP) is 0.752. The number of hydrogen-bond donors (Lipinski definition) is 0. The monoisotopic (exact) mass is 248 g/mol. The van der Waals surface area contributed by atoms with Crippen molar-refractivity contribution in [1.82, 2.24) is 19.6 Å². The molecule has 0 unspecified atom stereocenters. The van der Waals surface area contributed by atoms with Crippen molar-refractivity contribution in [3.05, 3.63) is 18.5 Å². The lowest BCUT2D eigenvalue weighted by molar-refractivity contribution is -0.133. The summed E-state index contributed by atoms with van der Waals surface area (Å²) < 4.78 is 2.03. The molecule has 1 amide bonds. The second-order valence-corrected chi connectivity index (χ2v) is 5.24. The Morgan fingerprint density at radius 1 is 1.28 bits per heavy atom. The molecule has 18 heavy (non-hydrogen) atoms. The molecule has 0 aromatic carbocycles. The summed E-state index contributed by atoms with van der Waals surface area (Å²) in [5, 5.41) is 4.26. The van der Waals surface area contributed by atoms with Crippen LogP contribution in [0.5, 0.6) is 0 Å². The summed E-state index contributed by atoms with van der Waals surface area (Å²) in [4.78, 5) is 16.1. The molecule has 1 aromatic heterocycles. The Labute approximate surface area is 107 Å². The van der Waals surface area contributed by atoms with Crippen LogP contribution in [0.3, 0.4) is 0 Å². The first-order chi connectivity index (χ1) is 8.83. The molecule has 0 bridgehead atoms. The van der Waals surface area contributed by atoms with E-state index in [-0.39, 0.29) is 0 Å². The van der Waals surface area contributed by atoms with E-state index in [4.69, 9.17) is 0 Å². The summed E-state index contributed by atoms with van der Waals surface area (Å²) in [5.41, 5.74) is 0. The number of carbonyl (C=O) groups excluding carboxylic acids is 1. The van der Waals surface area contributed by atoms with Gasteiger partial charge in [-0.25, -0.2) is 0 Å². The van der Waals surface area contributed by atoms with Gasteiger partial charge in [0.15, 0.2) is 0 Å². The summed E-state index contributed by atoms with van der Waals surface area (Å²) >= 11 is 0. The van der Waals surface area contributed by atoms with Crippen molar-refractivity contribution >= 4 is 5.91 Å². The fourth-order valence-corrected chi connectivity index (χ4v) is 2.75. The number of carbonyl (C=O) groups is 1. The maximum Gasteiger partial charge on any atom is 0.222 e. The number of rotatable bonds is 4. The second-order valence-electron chi connectivity index (χ2n) is 5.24. The van der Waals surface area contributed by atoms with Crippen LogP contribution in [0, 0.1) is 0 Å². The van der Waals surface area contributed by atoms with Gasteiger partial charge in [-0.15, -0.1) is 0 Å². The van der Waals surface area contributed by atoms with Crippen molar-refractivity contribution < 1.29 is 4.79 Å². The molecule has 5 heteroatoms. The first kappa shape index (κ1) is 11.7. The maximum atomic E-state index is 11.7. The highest BCUT2D eigenvalue weighted by atomic mass is 16.2. The lowest BCUT2D eigenvalue weighted by Crippen LogP contribution is -2.51. The SMILES string of the molecule is O=C1CCCCN1CCN1CC(n2cccn2)C1. The van der Waals surface area contributed by atoms with Crippen LogP contribution in [0.15, 0.2) is 18.5 Å². The first-order valence-corrected chi connectivity index (χ1v) is 6.82. The predicted molar refractivity (Wildman–Crippen MR) is 68.1 cm³/mol. The van der Waals surface area contributed by atoms with Crippen molar-refractivity contribution in [2.24, 2.45) is 0 Å². The maximum absolute atomic E-state index is 11.7. The van der Waals surface area contributed by atoms with Crippen LogP contribution in [0.4, 0.5) is 0 Å². The van der Waals surface area contributed by atoms with Crippen molar-refractivity contribution in [2.75, 3.05) is 32.7 Å². The first-order valence-electron chi connectivity index (χ1n) is 6.82. The molecule has 0 atom stereocenters. The van der Waals surface area contributed by atoms with Gasteiger partial charge >= 0.3 is 0 Å². The molecule has 0 N–H and O–H groups in total. The highest BCUT2D eigenvalue weighted by molar-refractivity contribution is 5.76. The summed E-state index contributed by atoms with van der Waals surface area (Å²) in [5.74, 6) is 0.338. The molecular formula is C13H20N4O. The molecule has 0 radical (unpaired) electrons. The number of amides is 1. The molecule has 0 spiro atoms. The van der Waals surface area contributed by atoms with Crippen molar-refractivity contribution in [3.8, 4) is 0 Å². The fourth-order valence-electron chi connectivity index (χ4n) is 2.75. The molecule has 2 fully saturated rings. The second kappa shape index (κ2) is 5.10. The molecule has 5 nitrogen and oxygen atoms in total. The Morgan fingerprint density at radius 3 is 2.89 bits per heavy atom. The Hall–Kier alpha value is -1.36. The van der Waals surface area contributed by atoms with Gasteiger partial charge in [-0.05, 0) is 18.9 Å². The highest BCUT2D eigenvalue weighted by Crippen LogP contribution is 2.20. The number of nitrogens with zero attached hydrogens (tertiary/aromatic N) is 4. The smallest absolute Gasteiger partial charge is 0.222 e. The van der Waals surface area contributed by atoms with Crippen LogP contribution in [0.1, 0.15) is 25.3 Å². The van der Waals surface area contributed by atoms with Crippen LogP contribution in [-0.4, -0.2) is 58.2 Å². The Kier molecular flexibility index (Phi) is 3.32. The summed E-state index contributed by atoms with van der Waals surface area (Å²) in [6.45, 7) is 4.97. The molecule has 3 rings (SSSR count). The zero-order valence-corrected chi connectivity index (χ0v) is 10.7. The van der Waals surface area contributed by atoms with E-state index < -0.39 is 0 Å². The zero-order chi connectivity index (χ0) is 12.4. The lowest BCUT2D eigenvalue weighted by Gasteiger charge is -2.40. The average molecular weight is 248 g/mol. The van der Waals surface area contributed by atoms with Gasteiger partial charge in [0.25, 0.3) is 0 Å². The van der Waals surface area contributed by atoms with Gasteiger partial charge in [0.05, 0.1) is 6.04 Å². The third-order valence-corrected chi connectivity index (χ3v) is 3.94. The van der Waals surface area contributed by atoms with Gasteiger partial charge in [-0.1, -0.05) is 0 Å². The largest absolute Gasteiger partial charge is 0.341 e. The highest BCUT2D eigenvalue weighted by Gasteiger charge is 2.29. The molecule has 1 aromatic rings. The van der Waals surface area contributed by atoms with Crippen LogP contribution in [-0.2, 0) is 4.79 Å². The summed E-state index contributed by atoms with van der Waals surface area (Å²) in [6, 6.07) is 2.49. The normalized spacial score (nSPS) is 22.2. The van der Waals surface area contributed by atoms with E-state index in [1.165, 1.54) is 6.42 Å².